The van der Waals surface area contributed by atoms with Gasteiger partial charge in [0.05, 0.1) is 11.3 Å². The van der Waals surface area contributed by atoms with Gasteiger partial charge in [0.2, 0.25) is 5.91 Å². The SMILES string of the molecule is CC1CCNC(C)C1NC(=O)Cc1ccccc1[N+](=O)[O-].Cl. The standard InChI is InChI=1S/C15H21N3O3.ClH/c1-10-7-8-16-11(2)15(10)17-14(19)9-12-5-3-4-6-13(12)18(20)21;/h3-6,10-11,15-16H,7-9H2,1-2H3,(H,17,19);1H. The van der Waals surface area contributed by atoms with Gasteiger partial charge in [-0.3, -0.25) is 14.9 Å². The van der Waals surface area contributed by atoms with Gasteiger partial charge in [-0.1, -0.05) is 25.1 Å². The maximum atomic E-state index is 12.2. The first-order valence-electron chi connectivity index (χ1n) is 7.24. The number of carbonyl (C=O) groups is 1. The number of halogens is 1. The number of nitrogens with zero attached hydrogens (tertiary/aromatic N) is 1. The summed E-state index contributed by atoms with van der Waals surface area (Å²) in [6.07, 6.45) is 1.05. The van der Waals surface area contributed by atoms with E-state index in [0.717, 1.165) is 13.0 Å². The number of para-hydroxylation sites is 1. The Kier molecular flexibility index (Phi) is 6.77. The molecule has 0 spiro atoms. The van der Waals surface area contributed by atoms with Crippen molar-refractivity contribution in [2.45, 2.75) is 38.8 Å². The molecular formula is C15H22ClN3O3. The molecule has 0 aromatic heterocycles. The predicted molar refractivity (Wildman–Crippen MR) is 87.2 cm³/mol. The lowest BCUT2D eigenvalue weighted by Crippen LogP contribution is -2.56. The quantitative estimate of drug-likeness (QED) is 0.655. The lowest BCUT2D eigenvalue weighted by molar-refractivity contribution is -0.385. The second kappa shape index (κ2) is 8.10. The van der Waals surface area contributed by atoms with Crippen molar-refractivity contribution in [1.29, 1.82) is 0 Å². The van der Waals surface area contributed by atoms with Gasteiger partial charge < -0.3 is 10.6 Å². The summed E-state index contributed by atoms with van der Waals surface area (Å²) in [6.45, 7) is 5.12. The fraction of sp³-hybridized carbons (Fsp3) is 0.533. The topological polar surface area (TPSA) is 84.3 Å². The van der Waals surface area contributed by atoms with Crippen molar-refractivity contribution in [3.05, 3.63) is 39.9 Å². The molecule has 1 fully saturated rings. The van der Waals surface area contributed by atoms with Crippen molar-refractivity contribution in [3.8, 4) is 0 Å². The largest absolute Gasteiger partial charge is 0.351 e. The van der Waals surface area contributed by atoms with Crippen LogP contribution in [0.2, 0.25) is 0 Å². The minimum Gasteiger partial charge on any atom is -0.351 e. The van der Waals surface area contributed by atoms with E-state index in [1.807, 2.05) is 6.92 Å². The van der Waals surface area contributed by atoms with Gasteiger partial charge >= 0.3 is 0 Å². The van der Waals surface area contributed by atoms with Crippen LogP contribution in [0.1, 0.15) is 25.8 Å². The van der Waals surface area contributed by atoms with E-state index >= 15 is 0 Å². The zero-order valence-electron chi connectivity index (χ0n) is 12.7. The normalized spacial score (nSPS) is 24.2. The van der Waals surface area contributed by atoms with Crippen molar-refractivity contribution in [2.75, 3.05) is 6.54 Å². The Balaban J connectivity index is 0.00000242. The monoisotopic (exact) mass is 327 g/mol. The Bertz CT molecular complexity index is 529. The van der Waals surface area contributed by atoms with Gasteiger partial charge in [-0.15, -0.1) is 12.4 Å². The number of amides is 1. The van der Waals surface area contributed by atoms with Crippen LogP contribution in [-0.4, -0.2) is 29.5 Å². The Hall–Kier alpha value is -1.66. The summed E-state index contributed by atoms with van der Waals surface area (Å²) in [5.41, 5.74) is 0.444. The Labute approximate surface area is 136 Å². The third kappa shape index (κ3) is 4.42. The summed E-state index contributed by atoms with van der Waals surface area (Å²) in [5.74, 6) is 0.229. The lowest BCUT2D eigenvalue weighted by atomic mass is 9.89. The summed E-state index contributed by atoms with van der Waals surface area (Å²) in [4.78, 5) is 22.7. The maximum absolute atomic E-state index is 12.2. The number of benzene rings is 1. The van der Waals surface area contributed by atoms with Crippen molar-refractivity contribution >= 4 is 24.0 Å². The van der Waals surface area contributed by atoms with E-state index < -0.39 is 4.92 Å². The van der Waals surface area contributed by atoms with Crippen LogP contribution in [0.15, 0.2) is 24.3 Å². The number of hydrogen-bond acceptors (Lipinski definition) is 4. The maximum Gasteiger partial charge on any atom is 0.273 e. The molecule has 0 saturated carbocycles. The summed E-state index contributed by atoms with van der Waals surface area (Å²) >= 11 is 0. The van der Waals surface area contributed by atoms with Crippen LogP contribution < -0.4 is 10.6 Å². The molecule has 1 aromatic rings. The summed E-state index contributed by atoms with van der Waals surface area (Å²) in [7, 11) is 0. The summed E-state index contributed by atoms with van der Waals surface area (Å²) < 4.78 is 0. The highest BCUT2D eigenvalue weighted by Gasteiger charge is 2.29. The molecule has 1 aliphatic rings. The molecule has 1 saturated heterocycles. The van der Waals surface area contributed by atoms with Crippen molar-refractivity contribution < 1.29 is 9.72 Å². The first-order chi connectivity index (χ1) is 9.99. The fourth-order valence-electron chi connectivity index (χ4n) is 2.85. The van der Waals surface area contributed by atoms with Gasteiger partial charge in [-0.05, 0) is 25.8 Å². The van der Waals surface area contributed by atoms with E-state index in [1.165, 1.54) is 6.07 Å². The second-order valence-corrected chi connectivity index (χ2v) is 5.66. The number of hydrogen-bond donors (Lipinski definition) is 2. The molecule has 22 heavy (non-hydrogen) atoms. The van der Waals surface area contributed by atoms with Crippen LogP contribution >= 0.6 is 12.4 Å². The molecule has 3 atom stereocenters. The van der Waals surface area contributed by atoms with Crippen molar-refractivity contribution in [1.82, 2.24) is 10.6 Å². The molecule has 1 amide bonds. The zero-order valence-corrected chi connectivity index (χ0v) is 13.6. The van der Waals surface area contributed by atoms with Crippen LogP contribution in [0.3, 0.4) is 0 Å². The number of nitrogens with one attached hydrogen (secondary N) is 2. The third-order valence-electron chi connectivity index (χ3n) is 4.08. The predicted octanol–water partition coefficient (Wildman–Crippen LogP) is 2.06. The first-order valence-corrected chi connectivity index (χ1v) is 7.24. The average Bonchev–Trinajstić information content (AvgIpc) is 2.43. The highest BCUT2D eigenvalue weighted by Crippen LogP contribution is 2.19. The molecule has 1 heterocycles. The van der Waals surface area contributed by atoms with Crippen LogP contribution in [-0.2, 0) is 11.2 Å². The fourth-order valence-corrected chi connectivity index (χ4v) is 2.85. The lowest BCUT2D eigenvalue weighted by Gasteiger charge is -2.36. The van der Waals surface area contributed by atoms with E-state index in [2.05, 4.69) is 17.6 Å². The molecule has 2 N–H and O–H groups in total. The average molecular weight is 328 g/mol. The molecule has 122 valence electrons. The van der Waals surface area contributed by atoms with Gasteiger partial charge in [-0.2, -0.15) is 0 Å². The van der Waals surface area contributed by atoms with E-state index in [0.29, 0.717) is 11.5 Å². The van der Waals surface area contributed by atoms with Crippen molar-refractivity contribution in [3.63, 3.8) is 0 Å². The molecule has 6 nitrogen and oxygen atoms in total. The highest BCUT2D eigenvalue weighted by molar-refractivity contribution is 5.85. The summed E-state index contributed by atoms with van der Waals surface area (Å²) in [5, 5.41) is 17.3. The van der Waals surface area contributed by atoms with Gasteiger partial charge in [-0.25, -0.2) is 0 Å². The zero-order chi connectivity index (χ0) is 15.4. The first kappa shape index (κ1) is 18.4. The smallest absolute Gasteiger partial charge is 0.273 e. The number of piperidine rings is 1. The van der Waals surface area contributed by atoms with Crippen molar-refractivity contribution in [2.24, 2.45) is 5.92 Å². The van der Waals surface area contributed by atoms with Gasteiger partial charge in [0.1, 0.15) is 0 Å². The van der Waals surface area contributed by atoms with Gasteiger partial charge in [0.25, 0.3) is 5.69 Å². The molecule has 0 bridgehead atoms. The summed E-state index contributed by atoms with van der Waals surface area (Å²) in [6, 6.07) is 6.65. The third-order valence-corrected chi connectivity index (χ3v) is 4.08. The van der Waals surface area contributed by atoms with E-state index in [9.17, 15) is 14.9 Å². The Morgan fingerprint density at radius 2 is 2.09 bits per heavy atom. The number of nitro groups is 1. The highest BCUT2D eigenvalue weighted by atomic mass is 35.5. The van der Waals surface area contributed by atoms with Crippen LogP contribution in [0.4, 0.5) is 5.69 Å². The number of carbonyl (C=O) groups excluding carboxylic acids is 1. The number of nitro benzene ring substituents is 1. The van der Waals surface area contributed by atoms with E-state index in [-0.39, 0.29) is 42.5 Å². The molecule has 1 aromatic carbocycles. The minimum atomic E-state index is -0.448. The van der Waals surface area contributed by atoms with Gasteiger partial charge in [0, 0.05) is 23.7 Å². The molecule has 2 rings (SSSR count). The van der Waals surface area contributed by atoms with Gasteiger partial charge in [0.15, 0.2) is 0 Å². The molecule has 0 radical (unpaired) electrons. The molecule has 1 aliphatic heterocycles. The molecule has 7 heteroatoms. The second-order valence-electron chi connectivity index (χ2n) is 5.66. The Morgan fingerprint density at radius 3 is 2.73 bits per heavy atom. The van der Waals surface area contributed by atoms with E-state index in [4.69, 9.17) is 0 Å². The van der Waals surface area contributed by atoms with E-state index in [1.54, 1.807) is 18.2 Å². The number of rotatable bonds is 4. The molecule has 3 unspecified atom stereocenters. The molecule has 0 aliphatic carbocycles. The minimum absolute atomic E-state index is 0. The van der Waals surface area contributed by atoms with Crippen LogP contribution in [0.5, 0.6) is 0 Å². The van der Waals surface area contributed by atoms with Crippen LogP contribution in [0, 0.1) is 16.0 Å². The van der Waals surface area contributed by atoms with Crippen LogP contribution in [0.25, 0.3) is 0 Å². The molecular weight excluding hydrogens is 306 g/mol. The Morgan fingerprint density at radius 1 is 1.41 bits per heavy atom.